The van der Waals surface area contributed by atoms with Gasteiger partial charge in [-0.05, 0) is 19.1 Å². The number of aromatic nitrogens is 1. The molecule has 0 aliphatic carbocycles. The van der Waals surface area contributed by atoms with Crippen LogP contribution in [0.1, 0.15) is 13.3 Å². The summed E-state index contributed by atoms with van der Waals surface area (Å²) in [5, 5.41) is 7.15. The van der Waals surface area contributed by atoms with Gasteiger partial charge in [-0.15, -0.1) is 0 Å². The van der Waals surface area contributed by atoms with Gasteiger partial charge in [0.2, 0.25) is 5.13 Å². The summed E-state index contributed by atoms with van der Waals surface area (Å²) in [5.41, 5.74) is 6.76. The van der Waals surface area contributed by atoms with Crippen molar-refractivity contribution in [2.45, 2.75) is 19.4 Å². The minimum Gasteiger partial charge on any atom is -0.386 e. The highest BCUT2D eigenvalue weighted by Gasteiger charge is 2.24. The van der Waals surface area contributed by atoms with Gasteiger partial charge in [0.15, 0.2) is 0 Å². The Hall–Kier alpha value is -1.62. The molecule has 0 unspecified atom stereocenters. The van der Waals surface area contributed by atoms with Crippen LogP contribution in [-0.4, -0.2) is 16.9 Å². The largest absolute Gasteiger partial charge is 0.386 e. The van der Waals surface area contributed by atoms with Crippen molar-refractivity contribution >= 4 is 32.5 Å². The van der Waals surface area contributed by atoms with Crippen molar-refractivity contribution in [1.29, 1.82) is 0 Å². The van der Waals surface area contributed by atoms with Crippen LogP contribution in [0.3, 0.4) is 0 Å². The van der Waals surface area contributed by atoms with Gasteiger partial charge in [0.1, 0.15) is 5.84 Å². The van der Waals surface area contributed by atoms with Crippen LogP contribution < -0.4 is 10.7 Å². The predicted octanol–water partition coefficient (Wildman–Crippen LogP) is 2.17. The first-order valence-electron chi connectivity index (χ1n) is 5.22. The van der Waals surface area contributed by atoms with Crippen LogP contribution in [0.4, 0.5) is 5.13 Å². The fourth-order valence-corrected chi connectivity index (χ4v) is 2.88. The lowest BCUT2D eigenvalue weighted by molar-refractivity contribution is 0.721. The second kappa shape index (κ2) is 3.45. The topological polar surface area (TPSA) is 54.5 Å². The second-order valence-electron chi connectivity index (χ2n) is 3.95. The second-order valence-corrected chi connectivity index (χ2v) is 4.96. The predicted molar refractivity (Wildman–Crippen MR) is 67.8 cm³/mol. The zero-order chi connectivity index (χ0) is 11.1. The van der Waals surface area contributed by atoms with Crippen LogP contribution in [0.5, 0.6) is 0 Å². The van der Waals surface area contributed by atoms with Gasteiger partial charge >= 0.3 is 0 Å². The summed E-state index contributed by atoms with van der Waals surface area (Å²) in [5.74, 6) is 0.687. The number of amidine groups is 1. The molecule has 2 aromatic rings. The van der Waals surface area contributed by atoms with E-state index in [9.17, 15) is 0 Å². The van der Waals surface area contributed by atoms with E-state index in [1.165, 1.54) is 4.70 Å². The molecule has 3 rings (SSSR count). The molecule has 0 amide bonds. The molecule has 2 heterocycles. The number of thiazole rings is 1. The molecule has 2 N–H and O–H groups in total. The van der Waals surface area contributed by atoms with E-state index in [1.807, 2.05) is 23.2 Å². The van der Waals surface area contributed by atoms with Gasteiger partial charge in [0, 0.05) is 6.42 Å². The fourth-order valence-electron chi connectivity index (χ4n) is 1.86. The molecule has 0 saturated heterocycles. The van der Waals surface area contributed by atoms with Crippen LogP contribution in [0.15, 0.2) is 29.4 Å². The average molecular weight is 232 g/mol. The van der Waals surface area contributed by atoms with E-state index in [1.54, 1.807) is 11.3 Å². The van der Waals surface area contributed by atoms with Gasteiger partial charge in [-0.3, -0.25) is 0 Å². The molecule has 16 heavy (non-hydrogen) atoms. The van der Waals surface area contributed by atoms with Crippen molar-refractivity contribution in [2.24, 2.45) is 10.8 Å². The van der Waals surface area contributed by atoms with E-state index in [0.717, 1.165) is 17.1 Å². The number of fused-ring (bicyclic) bond motifs is 1. The molecule has 1 atom stereocenters. The summed E-state index contributed by atoms with van der Waals surface area (Å²) in [6.45, 7) is 2.11. The summed E-state index contributed by atoms with van der Waals surface area (Å²) >= 11 is 1.65. The van der Waals surface area contributed by atoms with Gasteiger partial charge in [0.05, 0.1) is 16.3 Å². The Bertz CT molecular complexity index is 527. The van der Waals surface area contributed by atoms with Crippen molar-refractivity contribution in [2.75, 3.05) is 5.01 Å². The molecule has 1 aliphatic heterocycles. The SMILES string of the molecule is C[C@@H]1CC(N)=NN1c1nc2ccccc2s1. The molecule has 1 aromatic carbocycles. The Morgan fingerprint density at radius 1 is 1.44 bits per heavy atom. The molecule has 1 aliphatic rings. The molecule has 0 spiro atoms. The highest BCUT2D eigenvalue weighted by molar-refractivity contribution is 7.22. The minimum absolute atomic E-state index is 0.306. The minimum atomic E-state index is 0.306. The standard InChI is InChI=1S/C11H12N4S/c1-7-6-10(12)14-15(7)11-13-8-4-2-3-5-9(8)16-11/h2-5,7H,6H2,1H3,(H2,12,14)/t7-/m1/s1. The summed E-state index contributed by atoms with van der Waals surface area (Å²) in [4.78, 5) is 4.56. The number of para-hydroxylation sites is 1. The number of rotatable bonds is 1. The molecule has 0 bridgehead atoms. The van der Waals surface area contributed by atoms with E-state index >= 15 is 0 Å². The lowest BCUT2D eigenvalue weighted by atomic mass is 10.2. The van der Waals surface area contributed by atoms with Crippen LogP contribution >= 0.6 is 11.3 Å². The molecule has 1 aromatic heterocycles. The van der Waals surface area contributed by atoms with Crippen LogP contribution in [0.25, 0.3) is 10.2 Å². The highest BCUT2D eigenvalue weighted by Crippen LogP contribution is 2.31. The Kier molecular flexibility index (Phi) is 2.07. The summed E-state index contributed by atoms with van der Waals surface area (Å²) in [7, 11) is 0. The van der Waals surface area contributed by atoms with Crippen molar-refractivity contribution in [3.63, 3.8) is 0 Å². The number of benzene rings is 1. The smallest absolute Gasteiger partial charge is 0.207 e. The van der Waals surface area contributed by atoms with Crippen LogP contribution in [0.2, 0.25) is 0 Å². The molecule has 5 heteroatoms. The lowest BCUT2D eigenvalue weighted by Gasteiger charge is -2.15. The van der Waals surface area contributed by atoms with Gasteiger partial charge in [-0.2, -0.15) is 5.10 Å². The average Bonchev–Trinajstić information content (AvgIpc) is 2.81. The quantitative estimate of drug-likeness (QED) is 0.819. The Morgan fingerprint density at radius 3 is 2.94 bits per heavy atom. The van der Waals surface area contributed by atoms with Crippen molar-refractivity contribution in [1.82, 2.24) is 4.98 Å². The molecular formula is C11H12N4S. The number of anilines is 1. The molecule has 0 saturated carbocycles. The number of nitrogens with zero attached hydrogens (tertiary/aromatic N) is 3. The van der Waals surface area contributed by atoms with Crippen LogP contribution in [-0.2, 0) is 0 Å². The van der Waals surface area contributed by atoms with Crippen molar-refractivity contribution in [3.05, 3.63) is 24.3 Å². The monoisotopic (exact) mass is 232 g/mol. The van der Waals surface area contributed by atoms with E-state index in [4.69, 9.17) is 5.73 Å². The third-order valence-corrected chi connectivity index (χ3v) is 3.66. The van der Waals surface area contributed by atoms with E-state index in [2.05, 4.69) is 23.1 Å². The highest BCUT2D eigenvalue weighted by atomic mass is 32.1. The molecule has 4 nitrogen and oxygen atoms in total. The van der Waals surface area contributed by atoms with Gasteiger partial charge < -0.3 is 5.73 Å². The maximum Gasteiger partial charge on any atom is 0.207 e. The first-order chi connectivity index (χ1) is 7.74. The molecular weight excluding hydrogens is 220 g/mol. The Labute approximate surface area is 97.4 Å². The number of nitrogens with two attached hydrogens (primary N) is 1. The fraction of sp³-hybridized carbons (Fsp3) is 0.273. The van der Waals surface area contributed by atoms with Gasteiger partial charge in [-0.1, -0.05) is 23.5 Å². The van der Waals surface area contributed by atoms with E-state index < -0.39 is 0 Å². The van der Waals surface area contributed by atoms with Crippen molar-refractivity contribution < 1.29 is 0 Å². The summed E-state index contributed by atoms with van der Waals surface area (Å²) in [6, 6.07) is 8.42. The van der Waals surface area contributed by atoms with Crippen molar-refractivity contribution in [3.8, 4) is 0 Å². The number of hydrogen-bond donors (Lipinski definition) is 1. The Balaban J connectivity index is 2.06. The van der Waals surface area contributed by atoms with E-state index in [0.29, 0.717) is 11.9 Å². The maximum absolute atomic E-state index is 5.73. The third-order valence-electron chi connectivity index (χ3n) is 2.64. The first kappa shape index (κ1) is 9.59. The lowest BCUT2D eigenvalue weighted by Crippen LogP contribution is -2.22. The molecule has 82 valence electrons. The number of hydrazone groups is 1. The van der Waals surface area contributed by atoms with E-state index in [-0.39, 0.29) is 0 Å². The first-order valence-corrected chi connectivity index (χ1v) is 6.03. The zero-order valence-electron chi connectivity index (χ0n) is 8.92. The van der Waals surface area contributed by atoms with Gasteiger partial charge in [-0.25, -0.2) is 9.99 Å². The maximum atomic E-state index is 5.73. The molecule has 0 fully saturated rings. The summed E-state index contributed by atoms with van der Waals surface area (Å²) < 4.78 is 1.19. The molecule has 0 radical (unpaired) electrons. The van der Waals surface area contributed by atoms with Gasteiger partial charge in [0.25, 0.3) is 0 Å². The third kappa shape index (κ3) is 1.44. The Morgan fingerprint density at radius 2 is 2.25 bits per heavy atom. The van der Waals surface area contributed by atoms with Crippen LogP contribution in [0, 0.1) is 0 Å². The number of hydrogen-bond acceptors (Lipinski definition) is 5. The summed E-state index contributed by atoms with van der Waals surface area (Å²) in [6.07, 6.45) is 0.815. The zero-order valence-corrected chi connectivity index (χ0v) is 9.74. The normalized spacial score (nSPS) is 20.4.